The maximum absolute atomic E-state index is 12.5. The fourth-order valence-electron chi connectivity index (χ4n) is 2.31. The van der Waals surface area contributed by atoms with Gasteiger partial charge < -0.3 is 5.11 Å². The van der Waals surface area contributed by atoms with E-state index >= 15 is 0 Å². The highest BCUT2D eigenvalue weighted by atomic mass is 35.5. The molecule has 1 aliphatic heterocycles. The summed E-state index contributed by atoms with van der Waals surface area (Å²) in [6.07, 6.45) is 0.771. The first-order valence-electron chi connectivity index (χ1n) is 6.63. The van der Waals surface area contributed by atoms with Crippen LogP contribution in [-0.4, -0.2) is 62.1 Å². The topological polar surface area (TPSA) is 60.9 Å². The first kappa shape index (κ1) is 15.7. The summed E-state index contributed by atoms with van der Waals surface area (Å²) < 4.78 is 26.6. The van der Waals surface area contributed by atoms with Crippen LogP contribution < -0.4 is 0 Å². The molecule has 5 nitrogen and oxygen atoms in total. The summed E-state index contributed by atoms with van der Waals surface area (Å²) in [6, 6.07) is 6.25. The van der Waals surface area contributed by atoms with Crippen LogP contribution in [0.4, 0.5) is 0 Å². The number of sulfonamides is 1. The summed E-state index contributed by atoms with van der Waals surface area (Å²) in [7, 11) is -3.45. The second-order valence-electron chi connectivity index (χ2n) is 4.78. The number of β-amino-alcohol motifs (C(OH)–C–C–N with tert-alkyl or cyclic N) is 1. The zero-order valence-electron chi connectivity index (χ0n) is 11.2. The minimum Gasteiger partial charge on any atom is -0.395 e. The molecule has 1 N–H and O–H groups in total. The summed E-state index contributed by atoms with van der Waals surface area (Å²) in [5.41, 5.74) is 0. The number of nitrogens with zero attached hydrogens (tertiary/aromatic N) is 2. The predicted octanol–water partition coefficient (Wildman–Crippen LogP) is 1.03. The number of hydrogen-bond acceptors (Lipinski definition) is 4. The number of benzene rings is 1. The van der Waals surface area contributed by atoms with Gasteiger partial charge in [-0.15, -0.1) is 0 Å². The van der Waals surface area contributed by atoms with Gasteiger partial charge in [0.1, 0.15) is 0 Å². The van der Waals surface area contributed by atoms with Gasteiger partial charge in [0.25, 0.3) is 0 Å². The summed E-state index contributed by atoms with van der Waals surface area (Å²) in [6.45, 7) is 3.11. The van der Waals surface area contributed by atoms with E-state index in [1.165, 1.54) is 16.4 Å². The van der Waals surface area contributed by atoms with E-state index in [4.69, 9.17) is 16.7 Å². The van der Waals surface area contributed by atoms with E-state index < -0.39 is 10.0 Å². The van der Waals surface area contributed by atoms with E-state index in [-0.39, 0.29) is 11.5 Å². The van der Waals surface area contributed by atoms with Crippen LogP contribution in [0.1, 0.15) is 6.42 Å². The molecule has 0 radical (unpaired) electrons. The molecule has 1 heterocycles. The van der Waals surface area contributed by atoms with Crippen molar-refractivity contribution in [2.45, 2.75) is 11.3 Å². The molecule has 0 amide bonds. The van der Waals surface area contributed by atoms with Crippen LogP contribution >= 0.6 is 11.6 Å². The Kier molecular flexibility index (Phi) is 5.40. The summed E-state index contributed by atoms with van der Waals surface area (Å²) in [5, 5.41) is 9.48. The lowest BCUT2D eigenvalue weighted by molar-refractivity contribution is 0.202. The first-order valence-corrected chi connectivity index (χ1v) is 8.45. The van der Waals surface area contributed by atoms with Crippen molar-refractivity contribution in [3.63, 3.8) is 0 Å². The maximum Gasteiger partial charge on any atom is 0.243 e. The van der Waals surface area contributed by atoms with Crippen molar-refractivity contribution in [2.24, 2.45) is 0 Å². The fourth-order valence-corrected chi connectivity index (χ4v) is 3.90. The predicted molar refractivity (Wildman–Crippen MR) is 78.4 cm³/mol. The van der Waals surface area contributed by atoms with Gasteiger partial charge in [0, 0.05) is 31.2 Å². The molecule has 0 aliphatic carbocycles. The molecule has 0 saturated carbocycles. The molecule has 2 rings (SSSR count). The van der Waals surface area contributed by atoms with Gasteiger partial charge in [-0.25, -0.2) is 8.42 Å². The zero-order valence-corrected chi connectivity index (χ0v) is 12.8. The smallest absolute Gasteiger partial charge is 0.243 e. The highest BCUT2D eigenvalue weighted by Gasteiger charge is 2.26. The standard InChI is InChI=1S/C13H19ClN2O3S/c14-12-2-4-13(5-3-12)20(18,19)16-7-1-6-15(8-9-16)10-11-17/h2-5,17H,1,6-11H2. The quantitative estimate of drug-likeness (QED) is 0.901. The van der Waals surface area contributed by atoms with Crippen molar-refractivity contribution < 1.29 is 13.5 Å². The van der Waals surface area contributed by atoms with E-state index in [1.807, 2.05) is 0 Å². The molecule has 1 fully saturated rings. The summed E-state index contributed by atoms with van der Waals surface area (Å²) in [4.78, 5) is 2.36. The molecule has 0 unspecified atom stereocenters. The first-order chi connectivity index (χ1) is 9.54. The molecule has 0 bridgehead atoms. The lowest BCUT2D eigenvalue weighted by atomic mass is 10.4. The van der Waals surface area contributed by atoms with Crippen LogP contribution in [0.2, 0.25) is 5.02 Å². The third-order valence-electron chi connectivity index (χ3n) is 3.42. The lowest BCUT2D eigenvalue weighted by Crippen LogP contribution is -2.35. The van der Waals surface area contributed by atoms with Crippen molar-refractivity contribution in [3.8, 4) is 0 Å². The number of halogens is 1. The van der Waals surface area contributed by atoms with Crippen LogP contribution in [0.25, 0.3) is 0 Å². The SMILES string of the molecule is O=S(=O)(c1ccc(Cl)cc1)N1CCCN(CCO)CC1. The van der Waals surface area contributed by atoms with Gasteiger partial charge in [-0.2, -0.15) is 4.31 Å². The minimum absolute atomic E-state index is 0.101. The monoisotopic (exact) mass is 318 g/mol. The largest absolute Gasteiger partial charge is 0.395 e. The normalized spacial score (nSPS) is 18.9. The van der Waals surface area contributed by atoms with E-state index in [0.29, 0.717) is 31.2 Å². The van der Waals surface area contributed by atoms with Gasteiger partial charge in [0.05, 0.1) is 11.5 Å². The molecular formula is C13H19ClN2O3S. The highest BCUT2D eigenvalue weighted by molar-refractivity contribution is 7.89. The fraction of sp³-hybridized carbons (Fsp3) is 0.538. The number of aliphatic hydroxyl groups is 1. The van der Waals surface area contributed by atoms with Crippen LogP contribution in [-0.2, 0) is 10.0 Å². The highest BCUT2D eigenvalue weighted by Crippen LogP contribution is 2.19. The lowest BCUT2D eigenvalue weighted by Gasteiger charge is -2.21. The Balaban J connectivity index is 2.11. The molecule has 1 aromatic rings. The molecule has 1 aliphatic rings. The maximum atomic E-state index is 12.5. The van der Waals surface area contributed by atoms with Crippen molar-refractivity contribution in [2.75, 3.05) is 39.3 Å². The average molecular weight is 319 g/mol. The van der Waals surface area contributed by atoms with Crippen molar-refractivity contribution in [3.05, 3.63) is 29.3 Å². The third-order valence-corrected chi connectivity index (χ3v) is 5.58. The van der Waals surface area contributed by atoms with Crippen molar-refractivity contribution >= 4 is 21.6 Å². The molecule has 0 atom stereocenters. The van der Waals surface area contributed by atoms with Crippen LogP contribution in [0, 0.1) is 0 Å². The molecule has 1 saturated heterocycles. The van der Waals surface area contributed by atoms with Crippen LogP contribution in [0.15, 0.2) is 29.2 Å². The third kappa shape index (κ3) is 3.71. The average Bonchev–Trinajstić information content (AvgIpc) is 2.66. The van der Waals surface area contributed by atoms with Gasteiger partial charge in [0.15, 0.2) is 0 Å². The van der Waals surface area contributed by atoms with Gasteiger partial charge in [-0.3, -0.25) is 4.90 Å². The van der Waals surface area contributed by atoms with Gasteiger partial charge in [0.2, 0.25) is 10.0 Å². The molecule has 112 valence electrons. The summed E-state index contributed by atoms with van der Waals surface area (Å²) in [5.74, 6) is 0. The van der Waals surface area contributed by atoms with E-state index in [2.05, 4.69) is 4.90 Å². The van der Waals surface area contributed by atoms with Gasteiger partial charge in [-0.1, -0.05) is 11.6 Å². The minimum atomic E-state index is -3.45. The van der Waals surface area contributed by atoms with E-state index in [0.717, 1.165) is 13.0 Å². The Labute approximate surface area is 124 Å². The second kappa shape index (κ2) is 6.87. The molecular weight excluding hydrogens is 300 g/mol. The van der Waals surface area contributed by atoms with Crippen molar-refractivity contribution in [1.29, 1.82) is 0 Å². The van der Waals surface area contributed by atoms with E-state index in [1.54, 1.807) is 12.1 Å². The van der Waals surface area contributed by atoms with Crippen LogP contribution in [0.3, 0.4) is 0 Å². The molecule has 1 aromatic carbocycles. The molecule has 20 heavy (non-hydrogen) atoms. The molecule has 7 heteroatoms. The zero-order chi connectivity index (χ0) is 14.6. The van der Waals surface area contributed by atoms with Gasteiger partial charge in [-0.05, 0) is 37.2 Å². The van der Waals surface area contributed by atoms with Crippen LogP contribution in [0.5, 0.6) is 0 Å². The Morgan fingerprint density at radius 3 is 2.45 bits per heavy atom. The van der Waals surface area contributed by atoms with Crippen molar-refractivity contribution in [1.82, 2.24) is 9.21 Å². The summed E-state index contributed by atoms with van der Waals surface area (Å²) >= 11 is 5.79. The molecule has 0 aromatic heterocycles. The molecule has 0 spiro atoms. The second-order valence-corrected chi connectivity index (χ2v) is 7.15. The number of rotatable bonds is 4. The number of hydrogen-bond donors (Lipinski definition) is 1. The Bertz CT molecular complexity index is 533. The Morgan fingerprint density at radius 2 is 1.80 bits per heavy atom. The Morgan fingerprint density at radius 1 is 1.10 bits per heavy atom. The number of aliphatic hydroxyl groups excluding tert-OH is 1. The Hall–Kier alpha value is -0.660. The van der Waals surface area contributed by atoms with E-state index in [9.17, 15) is 8.42 Å². The van der Waals surface area contributed by atoms with Gasteiger partial charge >= 0.3 is 0 Å².